The first-order chi connectivity index (χ1) is 11.6. The molecule has 0 saturated heterocycles. The van der Waals surface area contributed by atoms with E-state index in [-0.39, 0.29) is 17.1 Å². The second-order valence-corrected chi connectivity index (χ2v) is 4.93. The predicted molar refractivity (Wildman–Crippen MR) is 84.2 cm³/mol. The maximum atomic E-state index is 12.4. The van der Waals surface area contributed by atoms with E-state index >= 15 is 0 Å². The van der Waals surface area contributed by atoms with E-state index in [4.69, 9.17) is 20.0 Å². The molecule has 7 heteroatoms. The number of Topliss-reactive ketones (excluding diaryl/α,β-unsaturated/α-hetero) is 1. The van der Waals surface area contributed by atoms with Gasteiger partial charge in [-0.2, -0.15) is 15.8 Å². The van der Waals surface area contributed by atoms with E-state index in [1.807, 2.05) is 6.92 Å². The minimum atomic E-state index is -0.360. The van der Waals surface area contributed by atoms with Crippen molar-refractivity contribution in [2.75, 3.05) is 18.5 Å². The van der Waals surface area contributed by atoms with Crippen LogP contribution in [0.5, 0.6) is 11.5 Å². The highest BCUT2D eigenvalue weighted by Crippen LogP contribution is 2.36. The Morgan fingerprint density at radius 1 is 1.12 bits per heavy atom. The predicted octanol–water partition coefficient (Wildman–Crippen LogP) is 2.68. The van der Waals surface area contributed by atoms with Crippen LogP contribution in [0, 0.1) is 34.0 Å². The summed E-state index contributed by atoms with van der Waals surface area (Å²) in [7, 11) is 0. The number of ketones is 1. The molecule has 2 rings (SSSR count). The van der Waals surface area contributed by atoms with Crippen LogP contribution < -0.4 is 14.8 Å². The third-order valence-electron chi connectivity index (χ3n) is 3.30. The lowest BCUT2D eigenvalue weighted by Gasteiger charge is -2.21. The largest absolute Gasteiger partial charge is 0.486 e. The van der Waals surface area contributed by atoms with Crippen LogP contribution in [0.4, 0.5) is 5.69 Å². The minimum Gasteiger partial charge on any atom is -0.486 e. The molecule has 0 radical (unpaired) electrons. The van der Waals surface area contributed by atoms with Gasteiger partial charge in [-0.25, -0.2) is 0 Å². The van der Waals surface area contributed by atoms with Crippen LogP contribution in [0.1, 0.15) is 30.1 Å². The van der Waals surface area contributed by atoms with Gasteiger partial charge in [0.25, 0.3) is 0 Å². The average molecular weight is 322 g/mol. The number of anilines is 1. The van der Waals surface area contributed by atoms with Crippen molar-refractivity contribution in [1.82, 2.24) is 0 Å². The summed E-state index contributed by atoms with van der Waals surface area (Å²) >= 11 is 0. The topological polar surface area (TPSA) is 119 Å². The van der Waals surface area contributed by atoms with Crippen LogP contribution in [0.3, 0.4) is 0 Å². The molecular formula is C17H14N4O3. The summed E-state index contributed by atoms with van der Waals surface area (Å²) in [6, 6.07) is 8.18. The molecule has 1 aromatic carbocycles. The fourth-order valence-electron chi connectivity index (χ4n) is 2.20. The van der Waals surface area contributed by atoms with E-state index in [9.17, 15) is 10.1 Å². The van der Waals surface area contributed by atoms with Gasteiger partial charge in [-0.15, -0.1) is 0 Å². The molecular weight excluding hydrogens is 308 g/mol. The average Bonchev–Trinajstić information content (AvgIpc) is 2.61. The van der Waals surface area contributed by atoms with Gasteiger partial charge in [0, 0.05) is 18.1 Å². The molecule has 0 amide bonds. The monoisotopic (exact) mass is 322 g/mol. The lowest BCUT2D eigenvalue weighted by Crippen LogP contribution is -2.17. The molecule has 0 atom stereocenters. The maximum Gasteiger partial charge on any atom is 0.165 e. The van der Waals surface area contributed by atoms with Crippen LogP contribution in [0.15, 0.2) is 23.4 Å². The zero-order valence-electron chi connectivity index (χ0n) is 13.0. The second kappa shape index (κ2) is 7.67. The zero-order chi connectivity index (χ0) is 17.5. The van der Waals surface area contributed by atoms with Crippen LogP contribution in [-0.2, 0) is 0 Å². The third kappa shape index (κ3) is 3.45. The first-order valence-corrected chi connectivity index (χ1v) is 7.33. The number of carbonyl (C=O) groups excluding carboxylic acids is 1. The van der Waals surface area contributed by atoms with Crippen molar-refractivity contribution in [1.29, 1.82) is 15.8 Å². The summed E-state index contributed by atoms with van der Waals surface area (Å²) in [5.74, 6) is 0.754. The fourth-order valence-corrected chi connectivity index (χ4v) is 2.20. The fraction of sp³-hybridized carbons (Fsp3) is 0.294. The molecule has 1 aromatic rings. The van der Waals surface area contributed by atoms with Gasteiger partial charge in [0.15, 0.2) is 22.9 Å². The van der Waals surface area contributed by atoms with E-state index in [0.29, 0.717) is 48.8 Å². The maximum absolute atomic E-state index is 12.4. The Morgan fingerprint density at radius 3 is 2.29 bits per heavy atom. The number of nitrogens with zero attached hydrogens (tertiary/aromatic N) is 3. The van der Waals surface area contributed by atoms with Gasteiger partial charge in [0.2, 0.25) is 0 Å². The Hall–Kier alpha value is -3.50. The van der Waals surface area contributed by atoms with Gasteiger partial charge in [0.1, 0.15) is 37.1 Å². The third-order valence-corrected chi connectivity index (χ3v) is 3.30. The first-order valence-electron chi connectivity index (χ1n) is 7.33. The van der Waals surface area contributed by atoms with E-state index in [1.54, 1.807) is 30.3 Å². The molecule has 0 unspecified atom stereocenters. The van der Waals surface area contributed by atoms with Crippen molar-refractivity contribution in [3.8, 4) is 29.7 Å². The van der Waals surface area contributed by atoms with E-state index in [2.05, 4.69) is 5.32 Å². The summed E-state index contributed by atoms with van der Waals surface area (Å²) in [5.41, 5.74) is 0.0461. The highest BCUT2D eigenvalue weighted by atomic mass is 16.6. The molecule has 24 heavy (non-hydrogen) atoms. The van der Waals surface area contributed by atoms with Crippen LogP contribution >= 0.6 is 0 Å². The zero-order valence-corrected chi connectivity index (χ0v) is 13.0. The molecule has 0 aromatic heterocycles. The first kappa shape index (κ1) is 16.9. The summed E-state index contributed by atoms with van der Waals surface area (Å²) in [6.07, 6.45) is 0.985. The lowest BCUT2D eigenvalue weighted by molar-refractivity contribution is 0.0981. The SMILES string of the molecule is CCCC(=O)c1cc2c(cc1NC(C#N)=C(C#N)C#N)OCCO2. The molecule has 1 N–H and O–H groups in total. The molecule has 7 nitrogen and oxygen atoms in total. The summed E-state index contributed by atoms with van der Waals surface area (Å²) in [4.78, 5) is 12.4. The number of allylic oxidation sites excluding steroid dienone is 2. The van der Waals surface area contributed by atoms with Crippen LogP contribution in [0.2, 0.25) is 0 Å². The number of fused-ring (bicyclic) bond motifs is 1. The normalized spacial score (nSPS) is 11.4. The highest BCUT2D eigenvalue weighted by molar-refractivity contribution is 6.02. The quantitative estimate of drug-likeness (QED) is 0.653. The molecule has 0 bridgehead atoms. The van der Waals surface area contributed by atoms with E-state index in [0.717, 1.165) is 0 Å². The van der Waals surface area contributed by atoms with E-state index < -0.39 is 0 Å². The molecule has 120 valence electrons. The molecule has 0 spiro atoms. The summed E-state index contributed by atoms with van der Waals surface area (Å²) < 4.78 is 11.0. The van der Waals surface area contributed by atoms with Crippen LogP contribution in [0.25, 0.3) is 0 Å². The molecule has 0 aliphatic carbocycles. The summed E-state index contributed by atoms with van der Waals surface area (Å²) in [6.45, 7) is 2.64. The number of hydrogen-bond acceptors (Lipinski definition) is 7. The van der Waals surface area contributed by atoms with Crippen molar-refractivity contribution in [2.45, 2.75) is 19.8 Å². The van der Waals surface area contributed by atoms with Gasteiger partial charge in [-0.05, 0) is 12.5 Å². The number of rotatable bonds is 5. The number of ether oxygens (including phenoxy) is 2. The van der Waals surface area contributed by atoms with Crippen molar-refractivity contribution in [3.05, 3.63) is 29.0 Å². The Bertz CT molecular complexity index is 806. The van der Waals surface area contributed by atoms with E-state index in [1.165, 1.54) is 0 Å². The number of carbonyl (C=O) groups is 1. The van der Waals surface area contributed by atoms with Gasteiger partial charge in [-0.1, -0.05) is 6.92 Å². The van der Waals surface area contributed by atoms with Crippen molar-refractivity contribution in [2.24, 2.45) is 0 Å². The molecule has 1 heterocycles. The van der Waals surface area contributed by atoms with Crippen LogP contribution in [-0.4, -0.2) is 19.0 Å². The molecule has 0 saturated carbocycles. The van der Waals surface area contributed by atoms with Gasteiger partial charge < -0.3 is 14.8 Å². The van der Waals surface area contributed by atoms with Gasteiger partial charge in [-0.3, -0.25) is 4.79 Å². The standard InChI is InChI=1S/C17H14N4O3/c1-2-3-15(22)12-6-16-17(24-5-4-23-16)7-13(12)21-14(10-20)11(8-18)9-19/h6-7,21H,2-5H2,1H3. The summed E-state index contributed by atoms with van der Waals surface area (Å²) in [5, 5.41) is 29.7. The van der Waals surface area contributed by atoms with Crippen molar-refractivity contribution in [3.63, 3.8) is 0 Å². The smallest absolute Gasteiger partial charge is 0.165 e. The molecule has 1 aliphatic heterocycles. The van der Waals surface area contributed by atoms with Gasteiger partial charge >= 0.3 is 0 Å². The number of nitriles is 3. The molecule has 1 aliphatic rings. The van der Waals surface area contributed by atoms with Crippen molar-refractivity contribution < 1.29 is 14.3 Å². The lowest BCUT2D eigenvalue weighted by atomic mass is 10.0. The number of hydrogen-bond donors (Lipinski definition) is 1. The highest BCUT2D eigenvalue weighted by Gasteiger charge is 2.20. The number of nitrogens with one attached hydrogen (secondary N) is 1. The Morgan fingerprint density at radius 2 is 1.75 bits per heavy atom. The minimum absolute atomic E-state index is 0.135. The Kier molecular flexibility index (Phi) is 5.39. The number of benzene rings is 1. The molecule has 0 fully saturated rings. The van der Waals surface area contributed by atoms with Crippen molar-refractivity contribution >= 4 is 11.5 Å². The second-order valence-electron chi connectivity index (χ2n) is 4.93. The van der Waals surface area contributed by atoms with Gasteiger partial charge in [0.05, 0.1) is 5.69 Å². The Balaban J connectivity index is 2.53. The Labute approximate surface area is 139 Å².